The van der Waals surface area contributed by atoms with Gasteiger partial charge in [0.15, 0.2) is 0 Å². The fourth-order valence-electron chi connectivity index (χ4n) is 0.364. The minimum absolute atomic E-state index is 0.161. The molecule has 0 aliphatic rings. The molecule has 10 heavy (non-hydrogen) atoms. The number of nitro groups is 1. The largest absolute Gasteiger partial charge is 0.391 e. The van der Waals surface area contributed by atoms with E-state index in [4.69, 9.17) is 5.11 Å². The summed E-state index contributed by atoms with van der Waals surface area (Å²) in [5.74, 6) is 0. The first-order valence-corrected chi connectivity index (χ1v) is 4.45. The molecule has 0 amide bonds. The highest BCUT2D eigenvalue weighted by Gasteiger charge is 2.14. The summed E-state index contributed by atoms with van der Waals surface area (Å²) in [6.45, 7) is -0.200. The Labute approximate surface area is 75.0 Å². The van der Waals surface area contributed by atoms with Gasteiger partial charge in [0.05, 0.1) is 9.84 Å². The average molecular weight is 277 g/mol. The number of rotatable bonds is 4. The lowest BCUT2D eigenvalue weighted by Crippen LogP contribution is -2.18. The molecule has 1 N–H and O–H groups in total. The molecular weight excluding hydrogens is 270 g/mol. The summed E-state index contributed by atoms with van der Waals surface area (Å²) in [4.78, 5) is 9.34. The third-order valence-corrected chi connectivity index (χ3v) is 2.12. The second kappa shape index (κ2) is 5.03. The second-order valence-corrected chi connectivity index (χ2v) is 4.95. The molecule has 0 rings (SSSR count). The Morgan fingerprint density at radius 3 is 2.40 bits per heavy atom. The molecule has 0 aliphatic heterocycles. The third kappa shape index (κ3) is 5.13. The average Bonchev–Trinajstić information content (AvgIpc) is 1.82. The topological polar surface area (TPSA) is 63.4 Å². The maximum absolute atomic E-state index is 9.79. The Bertz CT molecular complexity index is 119. The summed E-state index contributed by atoms with van der Waals surface area (Å²) < 4.78 is -0.264. The normalized spacial score (nSPS) is 13.6. The van der Waals surface area contributed by atoms with Crippen LogP contribution < -0.4 is 0 Å². The van der Waals surface area contributed by atoms with Gasteiger partial charge in [-0.15, -0.1) is 0 Å². The molecule has 0 bridgehead atoms. The van der Waals surface area contributed by atoms with Gasteiger partial charge < -0.3 is 5.11 Å². The van der Waals surface area contributed by atoms with Crippen molar-refractivity contribution in [2.75, 3.05) is 6.54 Å². The Kier molecular flexibility index (Phi) is 5.20. The Morgan fingerprint density at radius 2 is 2.10 bits per heavy atom. The van der Waals surface area contributed by atoms with Crippen LogP contribution in [0.2, 0.25) is 0 Å². The highest BCUT2D eigenvalue weighted by molar-refractivity contribution is 9.24. The van der Waals surface area contributed by atoms with Gasteiger partial charge in [-0.2, -0.15) is 0 Å². The molecule has 0 radical (unpaired) electrons. The van der Waals surface area contributed by atoms with Crippen molar-refractivity contribution in [2.45, 2.75) is 16.3 Å². The van der Waals surface area contributed by atoms with Crippen LogP contribution >= 0.6 is 31.9 Å². The fraction of sp³-hybridized carbons (Fsp3) is 1.00. The first-order chi connectivity index (χ1) is 4.54. The van der Waals surface area contributed by atoms with Gasteiger partial charge in [-0.05, 0) is 0 Å². The summed E-state index contributed by atoms with van der Waals surface area (Å²) in [7, 11) is 0. The smallest absolute Gasteiger partial charge is 0.206 e. The van der Waals surface area contributed by atoms with Crippen LogP contribution in [-0.4, -0.2) is 26.4 Å². The Morgan fingerprint density at radius 1 is 1.60 bits per heavy atom. The molecule has 0 aromatic rings. The third-order valence-electron chi connectivity index (χ3n) is 0.898. The SMILES string of the molecule is O=[N+]([O-])CCC(O)C(Br)Br. The van der Waals surface area contributed by atoms with Crippen molar-refractivity contribution < 1.29 is 10.0 Å². The summed E-state index contributed by atoms with van der Waals surface area (Å²) in [5, 5.41) is 18.8. The zero-order valence-electron chi connectivity index (χ0n) is 5.04. The molecule has 1 atom stereocenters. The van der Waals surface area contributed by atoms with Crippen molar-refractivity contribution in [1.82, 2.24) is 0 Å². The summed E-state index contributed by atoms with van der Waals surface area (Å²) >= 11 is 6.07. The maximum atomic E-state index is 9.79. The summed E-state index contributed by atoms with van der Waals surface area (Å²) in [6.07, 6.45) is -0.542. The van der Waals surface area contributed by atoms with Gasteiger partial charge in [-0.25, -0.2) is 0 Å². The molecule has 0 fully saturated rings. The van der Waals surface area contributed by atoms with Crippen molar-refractivity contribution in [3.8, 4) is 0 Å². The fourth-order valence-corrected chi connectivity index (χ4v) is 0.892. The van der Waals surface area contributed by atoms with E-state index < -0.39 is 11.0 Å². The monoisotopic (exact) mass is 275 g/mol. The molecule has 6 heteroatoms. The predicted octanol–water partition coefficient (Wildman–Crippen LogP) is 1.13. The second-order valence-electron chi connectivity index (χ2n) is 1.75. The van der Waals surface area contributed by atoms with E-state index in [2.05, 4.69) is 31.9 Å². The lowest BCUT2D eigenvalue weighted by Gasteiger charge is -2.07. The molecule has 0 aliphatic carbocycles. The summed E-state index contributed by atoms with van der Waals surface area (Å²) in [6, 6.07) is 0. The van der Waals surface area contributed by atoms with E-state index in [1.807, 2.05) is 0 Å². The molecule has 60 valence electrons. The molecule has 0 aromatic heterocycles. The molecular formula is C4H7Br2NO3. The van der Waals surface area contributed by atoms with Crippen molar-refractivity contribution in [2.24, 2.45) is 0 Å². The van der Waals surface area contributed by atoms with Crippen LogP contribution in [0.25, 0.3) is 0 Å². The van der Waals surface area contributed by atoms with Crippen LogP contribution in [0, 0.1) is 10.1 Å². The Hall–Kier alpha value is 0.320. The minimum Gasteiger partial charge on any atom is -0.391 e. The van der Waals surface area contributed by atoms with Crippen molar-refractivity contribution in [3.05, 3.63) is 10.1 Å². The molecule has 4 nitrogen and oxygen atoms in total. The van der Waals surface area contributed by atoms with Crippen LogP contribution in [0.4, 0.5) is 0 Å². The quantitative estimate of drug-likeness (QED) is 0.476. The molecule has 0 saturated heterocycles. The molecule has 0 aromatic carbocycles. The van der Waals surface area contributed by atoms with E-state index in [1.165, 1.54) is 0 Å². The van der Waals surface area contributed by atoms with E-state index in [0.717, 1.165) is 0 Å². The lowest BCUT2D eigenvalue weighted by molar-refractivity contribution is -0.481. The maximum Gasteiger partial charge on any atom is 0.206 e. The van der Waals surface area contributed by atoms with Crippen LogP contribution in [0.3, 0.4) is 0 Å². The molecule has 0 saturated carbocycles. The highest BCUT2D eigenvalue weighted by atomic mass is 79.9. The molecule has 0 heterocycles. The molecule has 0 spiro atoms. The predicted molar refractivity (Wildman–Crippen MR) is 44.1 cm³/mol. The lowest BCUT2D eigenvalue weighted by atomic mass is 10.3. The molecule has 1 unspecified atom stereocenters. The number of aliphatic hydroxyl groups excluding tert-OH is 1. The van der Waals surface area contributed by atoms with Crippen molar-refractivity contribution in [3.63, 3.8) is 0 Å². The number of aliphatic hydroxyl groups is 1. The number of nitrogens with zero attached hydrogens (tertiary/aromatic N) is 1. The number of hydrogen-bond donors (Lipinski definition) is 1. The first-order valence-electron chi connectivity index (χ1n) is 2.62. The van der Waals surface area contributed by atoms with Gasteiger partial charge in [0.1, 0.15) is 0 Å². The first kappa shape index (κ1) is 10.3. The van der Waals surface area contributed by atoms with Gasteiger partial charge in [0.2, 0.25) is 6.54 Å². The van der Waals surface area contributed by atoms with E-state index in [0.29, 0.717) is 0 Å². The van der Waals surface area contributed by atoms with Crippen LogP contribution in [0.1, 0.15) is 6.42 Å². The van der Waals surface area contributed by atoms with Crippen molar-refractivity contribution >= 4 is 31.9 Å². The zero-order valence-corrected chi connectivity index (χ0v) is 8.21. The number of alkyl halides is 2. The number of hydrogen-bond acceptors (Lipinski definition) is 3. The highest BCUT2D eigenvalue weighted by Crippen LogP contribution is 2.15. The number of halogens is 2. The van der Waals surface area contributed by atoms with Gasteiger partial charge in [0, 0.05) is 11.3 Å². The van der Waals surface area contributed by atoms with E-state index >= 15 is 0 Å². The van der Waals surface area contributed by atoms with Gasteiger partial charge in [-0.1, -0.05) is 31.9 Å². The minimum atomic E-state index is -0.703. The Balaban J connectivity index is 3.39. The van der Waals surface area contributed by atoms with Crippen molar-refractivity contribution in [1.29, 1.82) is 0 Å². The standard InChI is InChI=1S/C4H7Br2NO3/c5-4(6)3(8)1-2-7(9)10/h3-4,8H,1-2H2. The van der Waals surface area contributed by atoms with E-state index in [9.17, 15) is 10.1 Å². The van der Waals surface area contributed by atoms with E-state index in [-0.39, 0.29) is 16.7 Å². The summed E-state index contributed by atoms with van der Waals surface area (Å²) in [5.41, 5.74) is 0. The zero-order chi connectivity index (χ0) is 8.15. The van der Waals surface area contributed by atoms with Gasteiger partial charge in [-0.3, -0.25) is 10.1 Å². The van der Waals surface area contributed by atoms with Crippen LogP contribution in [-0.2, 0) is 0 Å². The van der Waals surface area contributed by atoms with Crippen LogP contribution in [0.5, 0.6) is 0 Å². The van der Waals surface area contributed by atoms with Crippen LogP contribution in [0.15, 0.2) is 0 Å². The van der Waals surface area contributed by atoms with Gasteiger partial charge in [0.25, 0.3) is 0 Å². The van der Waals surface area contributed by atoms with E-state index in [1.54, 1.807) is 0 Å². The van der Waals surface area contributed by atoms with Gasteiger partial charge >= 0.3 is 0 Å².